The van der Waals surface area contributed by atoms with Gasteiger partial charge in [0, 0.05) is 50.0 Å². The van der Waals surface area contributed by atoms with Gasteiger partial charge in [0.25, 0.3) is 0 Å². The Morgan fingerprint density at radius 1 is 0.941 bits per heavy atom. The molecule has 0 atom stereocenters. The molecule has 0 bridgehead atoms. The number of carboxylic acid groups (broad SMARTS) is 1. The number of nitrogens with zero attached hydrogens (tertiary/aromatic N) is 3. The van der Waals surface area contributed by atoms with E-state index in [0.717, 1.165) is 37.2 Å². The van der Waals surface area contributed by atoms with Crippen LogP contribution in [0.1, 0.15) is 36.8 Å². The second-order valence-electron chi connectivity index (χ2n) is 9.17. The smallest absolute Gasteiger partial charge is 0.320 e. The van der Waals surface area contributed by atoms with Crippen molar-refractivity contribution in [3.05, 3.63) is 65.7 Å². The first-order valence-corrected chi connectivity index (χ1v) is 11.9. The second kappa shape index (κ2) is 10.6. The predicted molar refractivity (Wildman–Crippen MR) is 132 cm³/mol. The molecule has 4 rings (SSSR count). The van der Waals surface area contributed by atoms with E-state index in [9.17, 15) is 14.7 Å². The summed E-state index contributed by atoms with van der Waals surface area (Å²) in [5, 5.41) is 16.9. The van der Waals surface area contributed by atoms with Gasteiger partial charge in [-0.25, -0.2) is 4.79 Å². The number of anilines is 1. The van der Waals surface area contributed by atoms with Crippen LogP contribution >= 0.6 is 0 Å². The molecular weight excluding hydrogens is 430 g/mol. The average Bonchev–Trinajstić information content (AvgIpc) is 2.88. The van der Waals surface area contributed by atoms with E-state index in [1.807, 2.05) is 64.4 Å². The minimum atomic E-state index is -0.730. The summed E-state index contributed by atoms with van der Waals surface area (Å²) in [4.78, 5) is 31.2. The maximum absolute atomic E-state index is 13.7. The number of hydrogen-bond acceptors (Lipinski definition) is 4. The van der Waals surface area contributed by atoms with Crippen LogP contribution in [0, 0.1) is 11.3 Å². The number of piperazine rings is 1. The van der Waals surface area contributed by atoms with Crippen molar-refractivity contribution in [2.75, 3.05) is 31.1 Å². The van der Waals surface area contributed by atoms with Crippen molar-refractivity contribution in [3.8, 4) is 0 Å². The molecule has 1 saturated carbocycles. The molecular formula is C26H33N5O3. The molecule has 1 heterocycles. The SMILES string of the molecule is N=C(N)c1ccc(N2CCN(C(=O)N(Cc3ccccc3)[C@H]3CC[C@H](C(=O)O)CC3)CC2)cc1. The standard InChI is InChI=1S/C26H33N5O3/c27-24(28)20-6-10-22(11-7-20)29-14-16-30(17-15-29)26(34)31(18-19-4-2-1-3-5-19)23-12-8-21(9-13-23)25(32)33/h1-7,10-11,21,23H,8-9,12-18H2,(H3,27,28)(H,32,33)/t21-,23-. The molecule has 0 radical (unpaired) electrons. The van der Waals surface area contributed by atoms with E-state index >= 15 is 0 Å². The normalized spacial score (nSPS) is 20.6. The predicted octanol–water partition coefficient (Wildman–Crippen LogP) is 3.36. The molecule has 1 aliphatic carbocycles. The summed E-state index contributed by atoms with van der Waals surface area (Å²) in [5.41, 5.74) is 8.40. The summed E-state index contributed by atoms with van der Waals surface area (Å²) in [6.45, 7) is 3.26. The fraction of sp³-hybridized carbons (Fsp3) is 0.423. The van der Waals surface area contributed by atoms with E-state index in [-0.39, 0.29) is 23.8 Å². The highest BCUT2D eigenvalue weighted by Gasteiger charge is 2.34. The van der Waals surface area contributed by atoms with Gasteiger partial charge in [0.1, 0.15) is 5.84 Å². The van der Waals surface area contributed by atoms with Gasteiger partial charge in [0.15, 0.2) is 0 Å². The van der Waals surface area contributed by atoms with Gasteiger partial charge >= 0.3 is 12.0 Å². The number of nitrogens with one attached hydrogen (secondary N) is 1. The lowest BCUT2D eigenvalue weighted by Crippen LogP contribution is -2.55. The summed E-state index contributed by atoms with van der Waals surface area (Å²) in [6, 6.07) is 17.7. The zero-order valence-corrected chi connectivity index (χ0v) is 19.4. The number of benzene rings is 2. The number of aliphatic carboxylic acids is 1. The monoisotopic (exact) mass is 463 g/mol. The molecule has 34 heavy (non-hydrogen) atoms. The third-order valence-corrected chi connectivity index (χ3v) is 7.02. The third kappa shape index (κ3) is 5.50. The first kappa shape index (κ1) is 23.6. The molecule has 8 heteroatoms. The molecule has 0 unspecified atom stereocenters. The van der Waals surface area contributed by atoms with Crippen molar-refractivity contribution in [3.63, 3.8) is 0 Å². The van der Waals surface area contributed by atoms with Gasteiger partial charge in [-0.2, -0.15) is 0 Å². The van der Waals surface area contributed by atoms with Gasteiger partial charge in [-0.1, -0.05) is 30.3 Å². The number of rotatable bonds is 6. The number of carboxylic acids is 1. The maximum atomic E-state index is 13.7. The quantitative estimate of drug-likeness (QED) is 0.449. The van der Waals surface area contributed by atoms with Crippen LogP contribution in [0.5, 0.6) is 0 Å². The van der Waals surface area contributed by atoms with Crippen molar-refractivity contribution in [1.82, 2.24) is 9.80 Å². The summed E-state index contributed by atoms with van der Waals surface area (Å²) in [6.07, 6.45) is 2.67. The number of urea groups is 1. The molecule has 1 aliphatic heterocycles. The van der Waals surface area contributed by atoms with E-state index in [1.165, 1.54) is 0 Å². The van der Waals surface area contributed by atoms with Crippen LogP contribution in [0.4, 0.5) is 10.5 Å². The summed E-state index contributed by atoms with van der Waals surface area (Å²) < 4.78 is 0. The lowest BCUT2D eigenvalue weighted by atomic mass is 9.85. The summed E-state index contributed by atoms with van der Waals surface area (Å²) >= 11 is 0. The van der Waals surface area contributed by atoms with Crippen LogP contribution in [-0.4, -0.2) is 65.0 Å². The van der Waals surface area contributed by atoms with Gasteiger partial charge in [-0.05, 0) is 55.5 Å². The molecule has 1 saturated heterocycles. The van der Waals surface area contributed by atoms with Crippen molar-refractivity contribution in [2.45, 2.75) is 38.3 Å². The molecule has 0 spiro atoms. The lowest BCUT2D eigenvalue weighted by molar-refractivity contribution is -0.143. The fourth-order valence-corrected chi connectivity index (χ4v) is 4.96. The van der Waals surface area contributed by atoms with Crippen molar-refractivity contribution in [1.29, 1.82) is 5.41 Å². The Balaban J connectivity index is 1.42. The molecule has 2 aliphatic rings. The molecule has 2 aromatic rings. The van der Waals surface area contributed by atoms with E-state index < -0.39 is 5.97 Å². The van der Waals surface area contributed by atoms with Crippen LogP contribution < -0.4 is 10.6 Å². The van der Waals surface area contributed by atoms with Crippen LogP contribution in [0.25, 0.3) is 0 Å². The van der Waals surface area contributed by atoms with Gasteiger partial charge < -0.3 is 25.5 Å². The van der Waals surface area contributed by atoms with Crippen LogP contribution in [0.3, 0.4) is 0 Å². The van der Waals surface area contributed by atoms with Crippen LogP contribution in [0.15, 0.2) is 54.6 Å². The maximum Gasteiger partial charge on any atom is 0.320 e. The van der Waals surface area contributed by atoms with Crippen LogP contribution in [0.2, 0.25) is 0 Å². The third-order valence-electron chi connectivity index (χ3n) is 7.02. The Bertz CT molecular complexity index is 995. The van der Waals surface area contributed by atoms with Gasteiger partial charge in [0.05, 0.1) is 5.92 Å². The topological polar surface area (TPSA) is 114 Å². The molecule has 4 N–H and O–H groups in total. The molecule has 2 fully saturated rings. The minimum Gasteiger partial charge on any atom is -0.481 e. The van der Waals surface area contributed by atoms with Gasteiger partial charge in [-0.15, -0.1) is 0 Å². The fourth-order valence-electron chi connectivity index (χ4n) is 4.96. The first-order chi connectivity index (χ1) is 16.4. The lowest BCUT2D eigenvalue weighted by Gasteiger charge is -2.42. The van der Waals surface area contributed by atoms with E-state index in [1.54, 1.807) is 0 Å². The number of amides is 2. The first-order valence-electron chi connectivity index (χ1n) is 11.9. The van der Waals surface area contributed by atoms with E-state index in [0.29, 0.717) is 38.0 Å². The number of hydrogen-bond donors (Lipinski definition) is 3. The number of carbonyl (C=O) groups is 2. The highest BCUT2D eigenvalue weighted by molar-refractivity contribution is 5.95. The van der Waals surface area contributed by atoms with E-state index in [4.69, 9.17) is 11.1 Å². The summed E-state index contributed by atoms with van der Waals surface area (Å²) in [7, 11) is 0. The molecule has 180 valence electrons. The summed E-state index contributed by atoms with van der Waals surface area (Å²) in [5.74, 6) is -0.979. The van der Waals surface area contributed by atoms with Gasteiger partial charge in [0.2, 0.25) is 0 Å². The van der Waals surface area contributed by atoms with Crippen molar-refractivity contribution in [2.24, 2.45) is 11.7 Å². The zero-order valence-electron chi connectivity index (χ0n) is 19.4. The Kier molecular flexibility index (Phi) is 7.35. The zero-order chi connectivity index (χ0) is 24.1. The minimum absolute atomic E-state index is 0.0363. The number of nitrogens with two attached hydrogens (primary N) is 1. The molecule has 2 amide bonds. The van der Waals surface area contributed by atoms with Crippen LogP contribution in [-0.2, 0) is 11.3 Å². The van der Waals surface area contributed by atoms with E-state index in [2.05, 4.69) is 4.90 Å². The molecule has 8 nitrogen and oxygen atoms in total. The van der Waals surface area contributed by atoms with Crippen molar-refractivity contribution < 1.29 is 14.7 Å². The largest absolute Gasteiger partial charge is 0.481 e. The Hall–Kier alpha value is -3.55. The Morgan fingerprint density at radius 3 is 2.12 bits per heavy atom. The Morgan fingerprint density at radius 2 is 1.56 bits per heavy atom. The second-order valence-corrected chi connectivity index (χ2v) is 9.17. The number of carbonyl (C=O) groups excluding carboxylic acids is 1. The molecule has 0 aromatic heterocycles. The number of amidine groups is 1. The Labute approximate surface area is 200 Å². The highest BCUT2D eigenvalue weighted by Crippen LogP contribution is 2.30. The number of nitrogen functional groups attached to an aromatic ring is 1. The highest BCUT2D eigenvalue weighted by atomic mass is 16.4. The van der Waals surface area contributed by atoms with Gasteiger partial charge in [-0.3, -0.25) is 10.2 Å². The van der Waals surface area contributed by atoms with Crippen molar-refractivity contribution >= 4 is 23.5 Å². The molecule has 2 aromatic carbocycles. The average molecular weight is 464 g/mol.